The van der Waals surface area contributed by atoms with E-state index in [1.165, 1.54) is 6.20 Å². The molecule has 3 heterocycles. The second kappa shape index (κ2) is 12.0. The maximum atomic E-state index is 10.1. The topological polar surface area (TPSA) is 110 Å². The molecule has 2 aliphatic rings. The Labute approximate surface area is 245 Å². The maximum Gasteiger partial charge on any atom is 0.103 e. The van der Waals surface area contributed by atoms with Crippen molar-refractivity contribution in [3.8, 4) is 6.07 Å². The number of nitrogens with one attached hydrogen (secondary N) is 4. The van der Waals surface area contributed by atoms with Gasteiger partial charge in [0.15, 0.2) is 0 Å². The molecule has 41 heavy (non-hydrogen) atoms. The summed E-state index contributed by atoms with van der Waals surface area (Å²) in [5.41, 5.74) is 10.8. The number of benzene rings is 2. The zero-order chi connectivity index (χ0) is 29.1. The number of hydrazine groups is 2. The standard InChI is InChI=1S/C31H31ClN8O/c1-41-13-11-27(20-6-3-2-4-7-20)37-29-22(16-33)18-35-31-25(29)14-23(15-26(31)32)36-30(21-8-5-12-34-17-21)28-19-40(39-38-28)24-9-10-24/h2-8,12,14-15,17-19,24,27,30,36,38-39H,9-11,13H2,1H3,(H,35,37)/t27-,30-/m1/s1/i30D. The van der Waals surface area contributed by atoms with Crippen LogP contribution in [0.15, 0.2) is 85.1 Å². The van der Waals surface area contributed by atoms with Crippen LogP contribution in [0.25, 0.3) is 10.9 Å². The normalized spacial score (nSPS) is 17.1. The summed E-state index contributed by atoms with van der Waals surface area (Å²) in [5, 5.41) is 20.1. The molecule has 0 unspecified atom stereocenters. The van der Waals surface area contributed by atoms with Gasteiger partial charge in [-0.2, -0.15) is 5.26 Å². The summed E-state index contributed by atoms with van der Waals surface area (Å²) in [6, 6.07) is 18.5. The van der Waals surface area contributed by atoms with Crippen molar-refractivity contribution in [2.45, 2.75) is 37.4 Å². The van der Waals surface area contributed by atoms with Crippen LogP contribution < -0.4 is 21.6 Å². The fourth-order valence-corrected chi connectivity index (χ4v) is 5.21. The third kappa shape index (κ3) is 5.91. The number of ether oxygens (including phenoxy) is 1. The number of anilines is 2. The number of methoxy groups -OCH3 is 1. The Morgan fingerprint density at radius 2 is 2.00 bits per heavy atom. The van der Waals surface area contributed by atoms with E-state index in [1.807, 2.05) is 59.7 Å². The van der Waals surface area contributed by atoms with Gasteiger partial charge in [-0.3, -0.25) is 15.0 Å². The van der Waals surface area contributed by atoms with Gasteiger partial charge in [0.1, 0.15) is 6.07 Å². The maximum absolute atomic E-state index is 10.1. The molecule has 1 aliphatic carbocycles. The minimum atomic E-state index is -1.43. The first kappa shape index (κ1) is 25.6. The number of nitriles is 1. The Hall–Kier alpha value is -4.36. The van der Waals surface area contributed by atoms with Crippen LogP contribution in [0.4, 0.5) is 11.4 Å². The van der Waals surface area contributed by atoms with Gasteiger partial charge in [-0.05, 0) is 48.6 Å². The van der Waals surface area contributed by atoms with Gasteiger partial charge in [0, 0.05) is 55.6 Å². The minimum Gasteiger partial charge on any atom is -0.385 e. The largest absolute Gasteiger partial charge is 0.385 e. The number of fused-ring (bicyclic) bond motifs is 1. The van der Waals surface area contributed by atoms with Crippen molar-refractivity contribution in [1.82, 2.24) is 25.9 Å². The highest BCUT2D eigenvalue weighted by Crippen LogP contribution is 2.38. The number of aromatic nitrogens is 2. The summed E-state index contributed by atoms with van der Waals surface area (Å²) in [5.74, 6) is 0. The lowest BCUT2D eigenvalue weighted by Gasteiger charge is -2.24. The first-order valence-electron chi connectivity index (χ1n) is 14.0. The van der Waals surface area contributed by atoms with E-state index in [4.69, 9.17) is 16.3 Å². The molecule has 9 nitrogen and oxygen atoms in total. The van der Waals surface area contributed by atoms with Crippen molar-refractivity contribution >= 4 is 33.9 Å². The average molecular weight is 568 g/mol. The van der Waals surface area contributed by atoms with Crippen molar-refractivity contribution in [3.05, 3.63) is 107 Å². The number of nitrogens with zero attached hydrogens (tertiary/aromatic N) is 4. The van der Waals surface area contributed by atoms with E-state index in [0.717, 1.165) is 18.4 Å². The van der Waals surface area contributed by atoms with Crippen molar-refractivity contribution in [1.29, 1.82) is 5.26 Å². The lowest BCUT2D eigenvalue weighted by Crippen LogP contribution is -2.38. The lowest BCUT2D eigenvalue weighted by atomic mass is 10.0. The predicted molar refractivity (Wildman–Crippen MR) is 161 cm³/mol. The zero-order valence-corrected chi connectivity index (χ0v) is 23.3. The molecule has 4 N–H and O–H groups in total. The van der Waals surface area contributed by atoms with Gasteiger partial charge in [-0.15, -0.1) is 5.53 Å². The molecule has 2 aromatic heterocycles. The van der Waals surface area contributed by atoms with Gasteiger partial charge in [-0.1, -0.05) is 48.0 Å². The Balaban J connectivity index is 1.43. The van der Waals surface area contributed by atoms with Crippen LogP contribution in [0.5, 0.6) is 0 Å². The van der Waals surface area contributed by atoms with Crippen molar-refractivity contribution in [2.75, 3.05) is 24.4 Å². The Morgan fingerprint density at radius 3 is 2.73 bits per heavy atom. The Morgan fingerprint density at radius 1 is 1.17 bits per heavy atom. The van der Waals surface area contributed by atoms with Gasteiger partial charge in [-0.25, -0.2) is 0 Å². The SMILES string of the molecule is [2H][C@](Nc1cc(Cl)c2ncc(C#N)c(N[C@H](CCOC)c3ccccc3)c2c1)(C1=CN(C2CC2)NN1)c1cccnc1. The third-order valence-electron chi connectivity index (χ3n) is 7.19. The molecule has 2 atom stereocenters. The summed E-state index contributed by atoms with van der Waals surface area (Å²) >= 11 is 6.82. The van der Waals surface area contributed by atoms with Crippen LogP contribution in [0.3, 0.4) is 0 Å². The molecular weight excluding hydrogens is 536 g/mol. The average Bonchev–Trinajstić information content (AvgIpc) is 3.75. The molecule has 2 aromatic carbocycles. The van der Waals surface area contributed by atoms with Crippen LogP contribution in [-0.4, -0.2) is 34.7 Å². The Bertz CT molecular complexity index is 1640. The zero-order valence-electron chi connectivity index (χ0n) is 23.6. The van der Waals surface area contributed by atoms with Crippen LogP contribution in [0, 0.1) is 11.3 Å². The van der Waals surface area contributed by atoms with Gasteiger partial charge >= 0.3 is 0 Å². The van der Waals surface area contributed by atoms with Gasteiger partial charge in [0.25, 0.3) is 0 Å². The summed E-state index contributed by atoms with van der Waals surface area (Å²) < 4.78 is 15.1. The second-order valence-corrected chi connectivity index (χ2v) is 10.5. The van der Waals surface area contributed by atoms with E-state index in [0.29, 0.717) is 63.2 Å². The molecule has 4 aromatic rings. The summed E-state index contributed by atoms with van der Waals surface area (Å²) in [6.45, 7) is 0.533. The molecule has 0 spiro atoms. The summed E-state index contributed by atoms with van der Waals surface area (Å²) in [4.78, 5) is 8.80. The molecule has 0 saturated heterocycles. The first-order chi connectivity index (χ1) is 20.5. The molecular formula is C31H31ClN8O. The quantitative estimate of drug-likeness (QED) is 0.178. The van der Waals surface area contributed by atoms with Gasteiger partial charge in [0.2, 0.25) is 0 Å². The number of pyridine rings is 2. The Kier molecular flexibility index (Phi) is 7.51. The number of rotatable bonds is 11. The van der Waals surface area contributed by atoms with E-state index < -0.39 is 6.02 Å². The fourth-order valence-electron chi connectivity index (χ4n) is 4.94. The van der Waals surface area contributed by atoms with E-state index in [9.17, 15) is 6.63 Å². The highest BCUT2D eigenvalue weighted by Gasteiger charge is 2.32. The lowest BCUT2D eigenvalue weighted by molar-refractivity contribution is 0.190. The predicted octanol–water partition coefficient (Wildman–Crippen LogP) is 5.83. The van der Waals surface area contributed by atoms with Crippen LogP contribution >= 0.6 is 11.6 Å². The summed E-state index contributed by atoms with van der Waals surface area (Å²) in [6.07, 6.45) is 9.70. The minimum absolute atomic E-state index is 0.128. The van der Waals surface area contributed by atoms with Crippen molar-refractivity contribution in [2.24, 2.45) is 0 Å². The van der Waals surface area contributed by atoms with Crippen LogP contribution in [-0.2, 0) is 4.74 Å². The molecule has 6 rings (SSSR count). The van der Waals surface area contributed by atoms with Gasteiger partial charge < -0.3 is 20.8 Å². The van der Waals surface area contributed by atoms with E-state index in [2.05, 4.69) is 37.6 Å². The molecule has 10 heteroatoms. The number of hydrogen-bond donors (Lipinski definition) is 4. The third-order valence-corrected chi connectivity index (χ3v) is 7.48. The van der Waals surface area contributed by atoms with Crippen LogP contribution in [0.1, 0.15) is 49.4 Å². The van der Waals surface area contributed by atoms with Gasteiger partial charge in [0.05, 0.1) is 40.9 Å². The van der Waals surface area contributed by atoms with Crippen molar-refractivity contribution in [3.63, 3.8) is 0 Å². The molecule has 1 saturated carbocycles. The number of hydrogen-bond acceptors (Lipinski definition) is 9. The van der Waals surface area contributed by atoms with E-state index in [-0.39, 0.29) is 6.04 Å². The molecule has 208 valence electrons. The number of halogens is 1. The molecule has 1 fully saturated rings. The van der Waals surface area contributed by atoms with Crippen LogP contribution in [0.2, 0.25) is 5.02 Å². The summed E-state index contributed by atoms with van der Waals surface area (Å²) in [7, 11) is 1.67. The van der Waals surface area contributed by atoms with Crippen molar-refractivity contribution < 1.29 is 6.11 Å². The first-order valence-corrected chi connectivity index (χ1v) is 13.9. The molecule has 0 bridgehead atoms. The van der Waals surface area contributed by atoms with E-state index in [1.54, 1.807) is 25.6 Å². The molecule has 1 aliphatic heterocycles. The smallest absolute Gasteiger partial charge is 0.103 e. The highest BCUT2D eigenvalue weighted by molar-refractivity contribution is 6.35. The highest BCUT2D eigenvalue weighted by atomic mass is 35.5. The molecule has 0 radical (unpaired) electrons. The fraction of sp³-hybridized carbons (Fsp3) is 0.258. The second-order valence-electron chi connectivity index (χ2n) is 10.1. The molecule has 0 amide bonds. The monoisotopic (exact) mass is 567 g/mol. The van der Waals surface area contributed by atoms with E-state index >= 15 is 0 Å².